The third-order valence-corrected chi connectivity index (χ3v) is 3.61. The predicted molar refractivity (Wildman–Crippen MR) is 95.4 cm³/mol. The van der Waals surface area contributed by atoms with Crippen LogP contribution < -0.4 is 21.7 Å². The van der Waals surface area contributed by atoms with Gasteiger partial charge in [-0.05, 0) is 12.5 Å². The van der Waals surface area contributed by atoms with Crippen LogP contribution in [-0.4, -0.2) is 65.2 Å². The first kappa shape index (κ1) is 22.1. The number of carboxylic acid groups (broad SMARTS) is 1. The molecule has 1 aromatic rings. The molecule has 0 aliphatic carbocycles. The van der Waals surface area contributed by atoms with Gasteiger partial charge in [-0.15, -0.1) is 0 Å². The van der Waals surface area contributed by atoms with Crippen LogP contribution in [0.5, 0.6) is 0 Å². The van der Waals surface area contributed by atoms with Crippen molar-refractivity contribution in [1.82, 2.24) is 16.0 Å². The monoisotopic (exact) mass is 380 g/mol. The van der Waals surface area contributed by atoms with Gasteiger partial charge in [0.2, 0.25) is 17.7 Å². The molecule has 0 fully saturated rings. The number of aliphatic carboxylic acids is 1. The molecule has 0 heterocycles. The van der Waals surface area contributed by atoms with Crippen LogP contribution in [0.15, 0.2) is 30.3 Å². The lowest BCUT2D eigenvalue weighted by molar-refractivity contribution is -0.144. The standard InChI is InChI=1S/C17H24N4O6/c1-10(22)15(17(26)27)21-14(24)9-19-16(25)12(20-13(23)8-18)7-11-5-3-2-4-6-11/h2-6,10,12,15,22H,7-9,18H2,1H3,(H,19,25)(H,20,23)(H,21,24)(H,26,27). The average Bonchev–Trinajstić information content (AvgIpc) is 2.63. The molecule has 3 unspecified atom stereocenters. The molecule has 0 aromatic heterocycles. The number of hydrogen-bond acceptors (Lipinski definition) is 6. The molecule has 27 heavy (non-hydrogen) atoms. The second kappa shape index (κ2) is 10.9. The van der Waals surface area contributed by atoms with Crippen LogP contribution in [0.25, 0.3) is 0 Å². The van der Waals surface area contributed by atoms with E-state index in [2.05, 4.69) is 16.0 Å². The molecule has 0 spiro atoms. The van der Waals surface area contributed by atoms with Gasteiger partial charge in [0, 0.05) is 6.42 Å². The van der Waals surface area contributed by atoms with Gasteiger partial charge in [0.15, 0.2) is 6.04 Å². The number of rotatable bonds is 10. The third-order valence-electron chi connectivity index (χ3n) is 3.61. The number of carbonyl (C=O) groups excluding carboxylic acids is 3. The Morgan fingerprint density at radius 2 is 1.70 bits per heavy atom. The molecule has 10 heteroatoms. The van der Waals surface area contributed by atoms with Crippen molar-refractivity contribution in [2.24, 2.45) is 5.73 Å². The van der Waals surface area contributed by atoms with E-state index in [9.17, 15) is 24.3 Å². The van der Waals surface area contributed by atoms with Gasteiger partial charge in [-0.25, -0.2) is 4.79 Å². The molecule has 0 bridgehead atoms. The maximum Gasteiger partial charge on any atom is 0.328 e. The van der Waals surface area contributed by atoms with Gasteiger partial charge in [0.1, 0.15) is 6.04 Å². The van der Waals surface area contributed by atoms with E-state index < -0.39 is 48.4 Å². The molecule has 0 aliphatic heterocycles. The van der Waals surface area contributed by atoms with Crippen LogP contribution in [0, 0.1) is 0 Å². The summed E-state index contributed by atoms with van der Waals surface area (Å²) in [4.78, 5) is 46.7. The minimum Gasteiger partial charge on any atom is -0.480 e. The summed E-state index contributed by atoms with van der Waals surface area (Å²) in [7, 11) is 0. The van der Waals surface area contributed by atoms with Gasteiger partial charge in [0.25, 0.3) is 0 Å². The van der Waals surface area contributed by atoms with Gasteiger partial charge in [0.05, 0.1) is 19.2 Å². The molecular formula is C17H24N4O6. The first-order valence-electron chi connectivity index (χ1n) is 8.26. The highest BCUT2D eigenvalue weighted by Gasteiger charge is 2.26. The van der Waals surface area contributed by atoms with E-state index in [4.69, 9.17) is 10.8 Å². The number of nitrogens with one attached hydrogen (secondary N) is 3. The van der Waals surface area contributed by atoms with Crippen molar-refractivity contribution in [3.63, 3.8) is 0 Å². The Hall–Kier alpha value is -2.98. The summed E-state index contributed by atoms with van der Waals surface area (Å²) in [6.07, 6.45) is -1.12. The molecule has 0 saturated heterocycles. The molecule has 3 atom stereocenters. The van der Waals surface area contributed by atoms with Crippen molar-refractivity contribution in [3.8, 4) is 0 Å². The van der Waals surface area contributed by atoms with E-state index in [1.807, 2.05) is 6.07 Å². The van der Waals surface area contributed by atoms with Crippen molar-refractivity contribution in [1.29, 1.82) is 0 Å². The van der Waals surface area contributed by atoms with Crippen LogP contribution in [0.2, 0.25) is 0 Å². The van der Waals surface area contributed by atoms with Crippen LogP contribution >= 0.6 is 0 Å². The number of benzene rings is 1. The first-order chi connectivity index (χ1) is 12.7. The van der Waals surface area contributed by atoms with E-state index in [1.54, 1.807) is 24.3 Å². The van der Waals surface area contributed by atoms with E-state index in [0.29, 0.717) is 0 Å². The molecule has 1 aromatic carbocycles. The van der Waals surface area contributed by atoms with Crippen molar-refractivity contribution in [2.45, 2.75) is 31.5 Å². The smallest absolute Gasteiger partial charge is 0.328 e. The highest BCUT2D eigenvalue weighted by atomic mass is 16.4. The fourth-order valence-corrected chi connectivity index (χ4v) is 2.22. The summed E-state index contributed by atoms with van der Waals surface area (Å²) in [5.74, 6) is -3.35. The van der Waals surface area contributed by atoms with E-state index in [-0.39, 0.29) is 13.0 Å². The molecule has 0 radical (unpaired) electrons. The average molecular weight is 380 g/mol. The largest absolute Gasteiger partial charge is 0.480 e. The number of aliphatic hydroxyl groups excluding tert-OH is 1. The zero-order valence-electron chi connectivity index (χ0n) is 14.8. The number of carboxylic acids is 1. The molecular weight excluding hydrogens is 356 g/mol. The summed E-state index contributed by atoms with van der Waals surface area (Å²) in [6.45, 7) is 0.406. The molecule has 148 valence electrons. The van der Waals surface area contributed by atoms with Crippen molar-refractivity contribution in [2.75, 3.05) is 13.1 Å². The quantitative estimate of drug-likeness (QED) is 0.266. The van der Waals surface area contributed by atoms with Crippen LogP contribution in [-0.2, 0) is 25.6 Å². The number of carbonyl (C=O) groups is 4. The fraction of sp³-hybridized carbons (Fsp3) is 0.412. The maximum absolute atomic E-state index is 12.3. The molecule has 7 N–H and O–H groups in total. The van der Waals surface area contributed by atoms with Crippen LogP contribution in [0.1, 0.15) is 12.5 Å². The molecule has 1 rings (SSSR count). The van der Waals surface area contributed by atoms with E-state index in [0.717, 1.165) is 5.56 Å². The normalized spacial score (nSPS) is 13.7. The first-order valence-corrected chi connectivity index (χ1v) is 8.26. The number of aliphatic hydroxyl groups is 1. The third kappa shape index (κ3) is 7.84. The van der Waals surface area contributed by atoms with Crippen molar-refractivity contribution in [3.05, 3.63) is 35.9 Å². The van der Waals surface area contributed by atoms with E-state index >= 15 is 0 Å². The fourth-order valence-electron chi connectivity index (χ4n) is 2.22. The molecule has 10 nitrogen and oxygen atoms in total. The minimum atomic E-state index is -1.49. The summed E-state index contributed by atoms with van der Waals surface area (Å²) in [5.41, 5.74) is 6.05. The van der Waals surface area contributed by atoms with Crippen LogP contribution in [0.4, 0.5) is 0 Å². The summed E-state index contributed by atoms with van der Waals surface area (Å²) in [6, 6.07) is 6.48. The highest BCUT2D eigenvalue weighted by molar-refractivity contribution is 5.92. The van der Waals surface area contributed by atoms with Gasteiger partial charge < -0.3 is 31.9 Å². The molecule has 3 amide bonds. The minimum absolute atomic E-state index is 0.186. The zero-order valence-corrected chi connectivity index (χ0v) is 14.8. The van der Waals surface area contributed by atoms with Gasteiger partial charge >= 0.3 is 5.97 Å². The predicted octanol–water partition coefficient (Wildman–Crippen LogP) is -2.26. The topological polar surface area (TPSA) is 171 Å². The van der Waals surface area contributed by atoms with Crippen molar-refractivity contribution >= 4 is 23.7 Å². The Balaban J connectivity index is 2.68. The Morgan fingerprint density at radius 3 is 2.22 bits per heavy atom. The van der Waals surface area contributed by atoms with Gasteiger partial charge in [-0.2, -0.15) is 0 Å². The summed E-state index contributed by atoms with van der Waals surface area (Å²) >= 11 is 0. The Morgan fingerprint density at radius 1 is 1.07 bits per heavy atom. The maximum atomic E-state index is 12.3. The Kier molecular flexibility index (Phi) is 8.90. The SMILES string of the molecule is CC(O)C(NC(=O)CNC(=O)C(Cc1ccccc1)NC(=O)CN)C(=O)O. The van der Waals surface area contributed by atoms with Crippen molar-refractivity contribution < 1.29 is 29.4 Å². The van der Waals surface area contributed by atoms with Gasteiger partial charge in [-0.3, -0.25) is 14.4 Å². The molecule has 0 aliphatic rings. The summed E-state index contributed by atoms with van der Waals surface area (Å²) in [5, 5.41) is 25.2. The zero-order chi connectivity index (χ0) is 20.4. The van der Waals surface area contributed by atoms with Crippen LogP contribution in [0.3, 0.4) is 0 Å². The number of hydrogen-bond donors (Lipinski definition) is 6. The Labute approximate surface area is 156 Å². The molecule has 0 saturated carbocycles. The second-order valence-electron chi connectivity index (χ2n) is 5.86. The Bertz CT molecular complexity index is 665. The van der Waals surface area contributed by atoms with E-state index in [1.165, 1.54) is 6.92 Å². The van der Waals surface area contributed by atoms with Gasteiger partial charge in [-0.1, -0.05) is 30.3 Å². The number of amides is 3. The lowest BCUT2D eigenvalue weighted by atomic mass is 10.1. The second-order valence-corrected chi connectivity index (χ2v) is 5.86. The lowest BCUT2D eigenvalue weighted by Crippen LogP contribution is -2.53. The highest BCUT2D eigenvalue weighted by Crippen LogP contribution is 2.03. The summed E-state index contributed by atoms with van der Waals surface area (Å²) < 4.78 is 0. The lowest BCUT2D eigenvalue weighted by Gasteiger charge is -2.20. The number of nitrogens with two attached hydrogens (primary N) is 1.